The van der Waals surface area contributed by atoms with Crippen molar-refractivity contribution >= 4 is 23.8 Å². The van der Waals surface area contributed by atoms with Gasteiger partial charge in [0.1, 0.15) is 0 Å². The molecule has 0 aliphatic carbocycles. The van der Waals surface area contributed by atoms with E-state index in [1.54, 1.807) is 0 Å². The van der Waals surface area contributed by atoms with Crippen LogP contribution in [-0.2, 0) is 9.47 Å². The first kappa shape index (κ1) is 19.0. The summed E-state index contributed by atoms with van der Waals surface area (Å²) in [4.78, 5) is 2.23. The SMILES string of the molecule is CCN(CCOCCOCCO)c1ccc(N)cc1.Cl. The molecule has 0 amide bonds. The average Bonchev–Trinajstić information content (AvgIpc) is 2.43. The fourth-order valence-corrected chi connectivity index (χ4v) is 1.72. The number of anilines is 2. The number of likely N-dealkylation sites (N-methyl/N-ethyl adjacent to an activating group) is 1. The first-order valence-corrected chi connectivity index (χ1v) is 6.64. The summed E-state index contributed by atoms with van der Waals surface area (Å²) in [5.41, 5.74) is 7.60. The first-order valence-electron chi connectivity index (χ1n) is 6.64. The van der Waals surface area contributed by atoms with Crippen LogP contribution in [0.25, 0.3) is 0 Å². The quantitative estimate of drug-likeness (QED) is 0.507. The van der Waals surface area contributed by atoms with Gasteiger partial charge in [0, 0.05) is 24.5 Å². The Kier molecular flexibility index (Phi) is 11.2. The number of hydrogen-bond acceptors (Lipinski definition) is 5. The van der Waals surface area contributed by atoms with Crippen LogP contribution in [0.3, 0.4) is 0 Å². The fraction of sp³-hybridized carbons (Fsp3) is 0.571. The van der Waals surface area contributed by atoms with Crippen LogP contribution in [0.4, 0.5) is 11.4 Å². The van der Waals surface area contributed by atoms with Crippen molar-refractivity contribution in [1.29, 1.82) is 0 Å². The van der Waals surface area contributed by atoms with Crippen LogP contribution in [0.5, 0.6) is 0 Å². The third kappa shape index (κ3) is 7.55. The topological polar surface area (TPSA) is 68.0 Å². The monoisotopic (exact) mass is 304 g/mol. The van der Waals surface area contributed by atoms with E-state index < -0.39 is 0 Å². The number of ether oxygens (including phenoxy) is 2. The maximum absolute atomic E-state index is 8.54. The van der Waals surface area contributed by atoms with E-state index in [1.165, 1.54) is 0 Å². The predicted octanol–water partition coefficient (Wildman–Crippen LogP) is 1.54. The number of nitrogen functional groups attached to an aromatic ring is 1. The molecular weight excluding hydrogens is 280 g/mol. The lowest BCUT2D eigenvalue weighted by molar-refractivity contribution is 0.0351. The van der Waals surface area contributed by atoms with Crippen molar-refractivity contribution in [2.24, 2.45) is 0 Å². The molecule has 3 N–H and O–H groups in total. The molecule has 5 nitrogen and oxygen atoms in total. The lowest BCUT2D eigenvalue weighted by Gasteiger charge is -2.23. The number of aliphatic hydroxyl groups excluding tert-OH is 1. The molecule has 0 atom stereocenters. The van der Waals surface area contributed by atoms with Gasteiger partial charge in [-0.3, -0.25) is 0 Å². The van der Waals surface area contributed by atoms with Gasteiger partial charge in [-0.15, -0.1) is 12.4 Å². The van der Waals surface area contributed by atoms with Crippen LogP contribution in [0.15, 0.2) is 24.3 Å². The Morgan fingerprint density at radius 2 is 1.65 bits per heavy atom. The third-order valence-electron chi connectivity index (χ3n) is 2.75. The summed E-state index contributed by atoms with van der Waals surface area (Å²) < 4.78 is 10.6. The number of halogens is 1. The maximum Gasteiger partial charge on any atom is 0.0701 e. The van der Waals surface area contributed by atoms with E-state index >= 15 is 0 Å². The molecule has 0 spiro atoms. The van der Waals surface area contributed by atoms with Crippen molar-refractivity contribution in [3.63, 3.8) is 0 Å². The molecule has 0 bridgehead atoms. The van der Waals surface area contributed by atoms with Crippen molar-refractivity contribution in [2.75, 3.05) is 56.8 Å². The molecule has 6 heteroatoms. The van der Waals surface area contributed by atoms with Crippen LogP contribution in [-0.4, -0.2) is 51.2 Å². The van der Waals surface area contributed by atoms with Gasteiger partial charge in [0.2, 0.25) is 0 Å². The largest absolute Gasteiger partial charge is 0.399 e. The molecule has 20 heavy (non-hydrogen) atoms. The summed E-state index contributed by atoms with van der Waals surface area (Å²) in [7, 11) is 0. The fourth-order valence-electron chi connectivity index (χ4n) is 1.72. The normalized spacial score (nSPS) is 10.1. The van der Waals surface area contributed by atoms with E-state index in [0.717, 1.165) is 24.5 Å². The minimum absolute atomic E-state index is 0. The zero-order valence-corrected chi connectivity index (χ0v) is 12.8. The van der Waals surface area contributed by atoms with E-state index in [4.69, 9.17) is 20.3 Å². The van der Waals surface area contributed by atoms with Crippen LogP contribution in [0, 0.1) is 0 Å². The molecule has 0 heterocycles. The highest BCUT2D eigenvalue weighted by Gasteiger charge is 2.03. The van der Waals surface area contributed by atoms with Gasteiger partial charge in [0.25, 0.3) is 0 Å². The van der Waals surface area contributed by atoms with Gasteiger partial charge in [-0.2, -0.15) is 0 Å². The van der Waals surface area contributed by atoms with Gasteiger partial charge in [-0.05, 0) is 31.2 Å². The van der Waals surface area contributed by atoms with Gasteiger partial charge >= 0.3 is 0 Å². The molecule has 0 saturated carbocycles. The lowest BCUT2D eigenvalue weighted by Crippen LogP contribution is -2.27. The van der Waals surface area contributed by atoms with Gasteiger partial charge in [-0.1, -0.05) is 0 Å². The number of rotatable bonds is 10. The van der Waals surface area contributed by atoms with E-state index in [1.807, 2.05) is 24.3 Å². The lowest BCUT2D eigenvalue weighted by atomic mass is 10.2. The predicted molar refractivity (Wildman–Crippen MR) is 84.7 cm³/mol. The second-order valence-corrected chi connectivity index (χ2v) is 4.12. The van der Waals surface area contributed by atoms with Crippen molar-refractivity contribution in [3.8, 4) is 0 Å². The minimum atomic E-state index is 0. The summed E-state index contributed by atoms with van der Waals surface area (Å²) in [6, 6.07) is 7.84. The van der Waals surface area contributed by atoms with Gasteiger partial charge in [0.05, 0.1) is 33.0 Å². The molecule has 0 saturated heterocycles. The highest BCUT2D eigenvalue weighted by Crippen LogP contribution is 2.15. The number of nitrogens with zero attached hydrogens (tertiary/aromatic N) is 1. The van der Waals surface area contributed by atoms with Crippen molar-refractivity contribution < 1.29 is 14.6 Å². The second-order valence-electron chi connectivity index (χ2n) is 4.12. The molecular formula is C14H25ClN2O3. The van der Waals surface area contributed by atoms with Crippen molar-refractivity contribution in [2.45, 2.75) is 6.92 Å². The summed E-state index contributed by atoms with van der Waals surface area (Å²) in [5.74, 6) is 0. The van der Waals surface area contributed by atoms with Crippen LogP contribution < -0.4 is 10.6 Å². The summed E-state index contributed by atoms with van der Waals surface area (Å²) >= 11 is 0. The van der Waals surface area contributed by atoms with Crippen molar-refractivity contribution in [1.82, 2.24) is 0 Å². The van der Waals surface area contributed by atoms with Gasteiger partial charge in [0.15, 0.2) is 0 Å². The van der Waals surface area contributed by atoms with E-state index in [0.29, 0.717) is 26.4 Å². The smallest absolute Gasteiger partial charge is 0.0701 e. The molecule has 116 valence electrons. The van der Waals surface area contributed by atoms with Crippen molar-refractivity contribution in [3.05, 3.63) is 24.3 Å². The minimum Gasteiger partial charge on any atom is -0.399 e. The molecule has 0 aromatic heterocycles. The van der Waals surface area contributed by atoms with Crippen LogP contribution >= 0.6 is 12.4 Å². The molecule has 0 unspecified atom stereocenters. The van der Waals surface area contributed by atoms with E-state index in [-0.39, 0.29) is 19.0 Å². The second kappa shape index (κ2) is 11.8. The summed E-state index contributed by atoms with van der Waals surface area (Å²) in [6.07, 6.45) is 0. The zero-order valence-electron chi connectivity index (χ0n) is 12.0. The number of nitrogens with two attached hydrogens (primary N) is 1. The first-order chi connectivity index (χ1) is 9.27. The van der Waals surface area contributed by atoms with Gasteiger partial charge in [-0.25, -0.2) is 0 Å². The number of hydrogen-bond donors (Lipinski definition) is 2. The molecule has 1 aromatic carbocycles. The molecule has 1 aromatic rings. The molecule has 0 radical (unpaired) electrons. The summed E-state index contributed by atoms with van der Waals surface area (Å²) in [6.45, 7) is 6.03. The zero-order chi connectivity index (χ0) is 13.9. The van der Waals surface area contributed by atoms with E-state index in [9.17, 15) is 0 Å². The standard InChI is InChI=1S/C14H24N2O3.ClH/c1-2-16(14-5-3-13(15)4-6-14)7-9-18-11-12-19-10-8-17;/h3-6,17H,2,7-12,15H2,1H3;1H. The van der Waals surface area contributed by atoms with Crippen LogP contribution in [0.1, 0.15) is 6.92 Å². The number of aliphatic hydroxyl groups is 1. The Labute approximate surface area is 127 Å². The Hall–Kier alpha value is -1.01. The Morgan fingerprint density at radius 3 is 2.20 bits per heavy atom. The molecule has 0 fully saturated rings. The highest BCUT2D eigenvalue weighted by atomic mass is 35.5. The Morgan fingerprint density at radius 1 is 1.05 bits per heavy atom. The molecule has 1 rings (SSSR count). The maximum atomic E-state index is 8.54. The Balaban J connectivity index is 0.00000361. The molecule has 0 aliphatic heterocycles. The number of benzene rings is 1. The highest BCUT2D eigenvalue weighted by molar-refractivity contribution is 5.85. The Bertz CT molecular complexity index is 336. The third-order valence-corrected chi connectivity index (χ3v) is 2.75. The van der Waals surface area contributed by atoms with Crippen LogP contribution in [0.2, 0.25) is 0 Å². The van der Waals surface area contributed by atoms with Gasteiger partial charge < -0.3 is 25.2 Å². The van der Waals surface area contributed by atoms with E-state index in [2.05, 4.69) is 11.8 Å². The summed E-state index contributed by atoms with van der Waals surface area (Å²) in [5, 5.41) is 8.54. The average molecular weight is 305 g/mol. The molecule has 0 aliphatic rings.